The molecule has 31 heavy (non-hydrogen) atoms. The number of hydrogen-bond acceptors (Lipinski definition) is 8. The summed E-state index contributed by atoms with van der Waals surface area (Å²) in [6.45, 7) is 0. The Hall–Kier alpha value is -4.12. The number of oxazole rings is 1. The van der Waals surface area contributed by atoms with Gasteiger partial charge in [-0.2, -0.15) is 15.2 Å². The molecule has 1 saturated carbocycles. The third kappa shape index (κ3) is 3.98. The van der Waals surface area contributed by atoms with Crippen LogP contribution in [0.2, 0.25) is 0 Å². The molecule has 1 fully saturated rings. The van der Waals surface area contributed by atoms with Gasteiger partial charge in [-0.1, -0.05) is 12.1 Å². The molecule has 8 heteroatoms. The van der Waals surface area contributed by atoms with Crippen LogP contribution in [0.25, 0.3) is 10.9 Å². The van der Waals surface area contributed by atoms with Crippen molar-refractivity contribution in [2.45, 2.75) is 25.2 Å². The zero-order chi connectivity index (χ0) is 21.2. The van der Waals surface area contributed by atoms with Crippen molar-refractivity contribution >= 4 is 22.6 Å². The molecule has 1 aliphatic rings. The number of anilines is 2. The summed E-state index contributed by atoms with van der Waals surface area (Å²) >= 11 is 0. The fourth-order valence-corrected chi connectivity index (χ4v) is 3.33. The molecule has 1 aliphatic carbocycles. The minimum atomic E-state index is 0.184. The van der Waals surface area contributed by atoms with Gasteiger partial charge in [-0.05, 0) is 42.7 Å². The average Bonchev–Trinajstić information content (AvgIpc) is 3.53. The number of nitriles is 1. The zero-order valence-electron chi connectivity index (χ0n) is 16.8. The van der Waals surface area contributed by atoms with E-state index in [9.17, 15) is 0 Å². The second kappa shape index (κ2) is 7.95. The molecule has 8 nitrogen and oxygen atoms in total. The smallest absolute Gasteiger partial charge is 0.324 e. The summed E-state index contributed by atoms with van der Waals surface area (Å²) in [6, 6.07) is 15.2. The van der Waals surface area contributed by atoms with Crippen molar-refractivity contribution in [1.82, 2.24) is 15.0 Å². The molecule has 0 radical (unpaired) electrons. The number of aromatic nitrogens is 3. The molecule has 0 bridgehead atoms. The summed E-state index contributed by atoms with van der Waals surface area (Å²) in [5.41, 5.74) is 2.50. The largest absolute Gasteiger partial charge is 0.497 e. The van der Waals surface area contributed by atoms with Gasteiger partial charge in [0.1, 0.15) is 23.0 Å². The molecule has 2 aromatic carbocycles. The lowest BCUT2D eigenvalue weighted by Gasteiger charge is -2.11. The number of nitrogens with zero attached hydrogens (tertiary/aromatic N) is 4. The van der Waals surface area contributed by atoms with E-state index in [1.807, 2.05) is 30.3 Å². The Balaban J connectivity index is 1.51. The highest BCUT2D eigenvalue weighted by molar-refractivity contribution is 5.91. The molecule has 154 valence electrons. The minimum Gasteiger partial charge on any atom is -0.497 e. The van der Waals surface area contributed by atoms with E-state index in [0.717, 1.165) is 29.5 Å². The van der Waals surface area contributed by atoms with Crippen molar-refractivity contribution in [3.05, 3.63) is 60.1 Å². The van der Waals surface area contributed by atoms with Crippen LogP contribution in [0.1, 0.15) is 30.0 Å². The maximum absolute atomic E-state index is 8.83. The van der Waals surface area contributed by atoms with Gasteiger partial charge in [0, 0.05) is 17.4 Å². The fraction of sp³-hybridized carbons (Fsp3) is 0.217. The fourth-order valence-electron chi connectivity index (χ4n) is 3.33. The predicted octanol–water partition coefficient (Wildman–Crippen LogP) is 5.11. The molecule has 0 unspecified atom stereocenters. The van der Waals surface area contributed by atoms with Crippen LogP contribution in [-0.4, -0.2) is 22.1 Å². The van der Waals surface area contributed by atoms with Crippen LogP contribution >= 0.6 is 0 Å². The number of rotatable bonds is 7. The first-order chi connectivity index (χ1) is 15.2. The molecule has 2 aromatic heterocycles. The summed E-state index contributed by atoms with van der Waals surface area (Å²) in [7, 11) is 1.61. The highest BCUT2D eigenvalue weighted by Gasteiger charge is 2.30. The van der Waals surface area contributed by atoms with Crippen LogP contribution in [0.15, 0.2) is 53.3 Å². The van der Waals surface area contributed by atoms with Crippen LogP contribution in [0.4, 0.5) is 11.7 Å². The average molecular weight is 413 g/mol. The maximum Gasteiger partial charge on any atom is 0.324 e. The van der Waals surface area contributed by atoms with E-state index in [-0.39, 0.29) is 6.01 Å². The lowest BCUT2D eigenvalue weighted by Crippen LogP contribution is -2.01. The number of methoxy groups -OCH3 is 1. The third-order valence-corrected chi connectivity index (χ3v) is 5.09. The van der Waals surface area contributed by atoms with E-state index < -0.39 is 0 Å². The lowest BCUT2D eigenvalue weighted by molar-refractivity contribution is 0.415. The Kier molecular flexibility index (Phi) is 4.84. The molecule has 0 amide bonds. The first-order valence-electron chi connectivity index (χ1n) is 9.93. The minimum absolute atomic E-state index is 0.184. The van der Waals surface area contributed by atoms with Crippen molar-refractivity contribution in [2.75, 3.05) is 12.4 Å². The molecule has 1 N–H and O–H groups in total. The monoisotopic (exact) mass is 413 g/mol. The Morgan fingerprint density at radius 3 is 2.68 bits per heavy atom. The Morgan fingerprint density at radius 1 is 1.13 bits per heavy atom. The number of nitrogens with one attached hydrogen (secondary N) is 1. The van der Waals surface area contributed by atoms with Crippen molar-refractivity contribution in [3.63, 3.8) is 0 Å². The van der Waals surface area contributed by atoms with Crippen molar-refractivity contribution in [3.8, 4) is 23.6 Å². The summed E-state index contributed by atoms with van der Waals surface area (Å²) in [5, 5.41) is 12.9. The van der Waals surface area contributed by atoms with Gasteiger partial charge >= 0.3 is 6.01 Å². The number of hydrogen-bond donors (Lipinski definition) is 1. The van der Waals surface area contributed by atoms with Crippen LogP contribution < -0.4 is 14.8 Å². The molecule has 0 aliphatic heterocycles. The summed E-state index contributed by atoms with van der Waals surface area (Å²) < 4.78 is 16.8. The van der Waals surface area contributed by atoms with Gasteiger partial charge in [0.05, 0.1) is 25.1 Å². The van der Waals surface area contributed by atoms with Gasteiger partial charge < -0.3 is 19.2 Å². The maximum atomic E-state index is 8.83. The van der Waals surface area contributed by atoms with Gasteiger partial charge in [0.25, 0.3) is 0 Å². The molecular formula is C23H19N5O3. The van der Waals surface area contributed by atoms with Gasteiger partial charge in [-0.15, -0.1) is 0 Å². The van der Waals surface area contributed by atoms with E-state index in [4.69, 9.17) is 19.2 Å². The molecule has 4 aromatic rings. The summed E-state index contributed by atoms with van der Waals surface area (Å²) in [5.74, 6) is 2.83. The van der Waals surface area contributed by atoms with Crippen molar-refractivity contribution in [1.29, 1.82) is 5.26 Å². The quantitative estimate of drug-likeness (QED) is 0.446. The van der Waals surface area contributed by atoms with E-state index in [1.165, 1.54) is 6.39 Å². The van der Waals surface area contributed by atoms with E-state index in [0.29, 0.717) is 41.1 Å². The molecule has 2 heterocycles. The van der Waals surface area contributed by atoms with Gasteiger partial charge in [-0.3, -0.25) is 0 Å². The van der Waals surface area contributed by atoms with Crippen LogP contribution in [0.3, 0.4) is 0 Å². The summed E-state index contributed by atoms with van der Waals surface area (Å²) in [4.78, 5) is 13.5. The van der Waals surface area contributed by atoms with E-state index in [2.05, 4.69) is 26.3 Å². The molecule has 0 atom stereocenters. The van der Waals surface area contributed by atoms with E-state index in [1.54, 1.807) is 19.2 Å². The molecular weight excluding hydrogens is 394 g/mol. The third-order valence-electron chi connectivity index (χ3n) is 5.09. The van der Waals surface area contributed by atoms with Crippen molar-refractivity contribution in [2.24, 2.45) is 0 Å². The molecule has 0 saturated heterocycles. The van der Waals surface area contributed by atoms with Crippen LogP contribution in [-0.2, 0) is 6.42 Å². The number of fused-ring (bicyclic) bond motifs is 1. The van der Waals surface area contributed by atoms with Gasteiger partial charge in [0.15, 0.2) is 6.39 Å². The lowest BCUT2D eigenvalue weighted by atomic mass is 10.2. The molecule has 0 spiro atoms. The van der Waals surface area contributed by atoms with E-state index >= 15 is 0 Å². The van der Waals surface area contributed by atoms with Crippen LogP contribution in [0.5, 0.6) is 17.5 Å². The van der Waals surface area contributed by atoms with Gasteiger partial charge in [-0.25, -0.2) is 4.98 Å². The SMILES string of the molecule is COc1ccc2c(Nc3ocnc3C3CC3)nc(Oc3ccc(CC#N)cc3)nc2c1. The first-order valence-corrected chi connectivity index (χ1v) is 9.93. The Labute approximate surface area is 178 Å². The first kappa shape index (κ1) is 18.9. The molecule has 5 rings (SSSR count). The number of ether oxygens (including phenoxy) is 2. The highest BCUT2D eigenvalue weighted by atomic mass is 16.5. The second-order valence-corrected chi connectivity index (χ2v) is 7.28. The highest BCUT2D eigenvalue weighted by Crippen LogP contribution is 2.43. The van der Waals surface area contributed by atoms with Crippen molar-refractivity contribution < 1.29 is 13.9 Å². The topological polar surface area (TPSA) is 106 Å². The standard InChI is InChI=1S/C23H19N5O3/c1-29-17-8-9-18-19(12-17)26-23(31-16-6-2-14(3-7-16)10-11-24)28-21(18)27-22-20(15-4-5-15)25-13-30-22/h2-3,6-9,12-13,15H,4-5,10H2,1H3,(H,26,27,28). The summed E-state index contributed by atoms with van der Waals surface area (Å²) in [6.07, 6.45) is 4.02. The second-order valence-electron chi connectivity index (χ2n) is 7.28. The Bertz CT molecular complexity index is 1270. The van der Waals surface area contributed by atoms with Gasteiger partial charge in [0.2, 0.25) is 5.88 Å². The zero-order valence-corrected chi connectivity index (χ0v) is 16.8. The normalized spacial score (nSPS) is 13.0. The Morgan fingerprint density at radius 2 is 1.94 bits per heavy atom. The van der Waals surface area contributed by atoms with Crippen LogP contribution in [0, 0.1) is 11.3 Å². The number of benzene rings is 2. The predicted molar refractivity (Wildman–Crippen MR) is 114 cm³/mol.